The van der Waals surface area contributed by atoms with Crippen LogP contribution in [0.3, 0.4) is 0 Å². The second kappa shape index (κ2) is 8.87. The van der Waals surface area contributed by atoms with Gasteiger partial charge in [0.2, 0.25) is 10.0 Å². The monoisotopic (exact) mass is 472 g/mol. The number of fused-ring (bicyclic) bond motifs is 1. The molecule has 0 fully saturated rings. The molecule has 4 N–H and O–H groups in total. The Labute approximate surface area is 193 Å². The SMILES string of the molecule is COC(=O)c1ccc2c(c1)NC(=O)C2=C(C)Nc1ccc(N(CC(C)(C)N)S(C)(=O)=O)cc1. The third-order valence-corrected chi connectivity index (χ3v) is 6.14. The number of allylic oxidation sites excluding steroid dienone is 1. The molecule has 9 nitrogen and oxygen atoms in total. The molecule has 0 bridgehead atoms. The Kier molecular flexibility index (Phi) is 6.53. The topological polar surface area (TPSA) is 131 Å². The molecule has 33 heavy (non-hydrogen) atoms. The zero-order valence-corrected chi connectivity index (χ0v) is 20.0. The fraction of sp³-hybridized carbons (Fsp3) is 0.304. The van der Waals surface area contributed by atoms with Crippen molar-refractivity contribution in [2.24, 2.45) is 5.73 Å². The summed E-state index contributed by atoms with van der Waals surface area (Å²) in [5.74, 6) is -0.775. The van der Waals surface area contributed by atoms with Gasteiger partial charge in [0.05, 0.1) is 42.4 Å². The number of hydrogen-bond acceptors (Lipinski definition) is 7. The van der Waals surface area contributed by atoms with Gasteiger partial charge in [-0.05, 0) is 57.2 Å². The number of hydrogen-bond donors (Lipinski definition) is 3. The van der Waals surface area contributed by atoms with Gasteiger partial charge in [0.15, 0.2) is 0 Å². The molecular weight excluding hydrogens is 444 g/mol. The van der Waals surface area contributed by atoms with Crippen LogP contribution in [0.25, 0.3) is 5.57 Å². The molecule has 2 aromatic rings. The van der Waals surface area contributed by atoms with E-state index in [-0.39, 0.29) is 12.5 Å². The minimum Gasteiger partial charge on any atom is -0.465 e. The van der Waals surface area contributed by atoms with Crippen LogP contribution < -0.4 is 20.7 Å². The highest BCUT2D eigenvalue weighted by atomic mass is 32.2. The van der Waals surface area contributed by atoms with Crippen LogP contribution >= 0.6 is 0 Å². The second-order valence-electron chi connectivity index (χ2n) is 8.64. The van der Waals surface area contributed by atoms with E-state index in [1.54, 1.807) is 63.2 Å². The van der Waals surface area contributed by atoms with Crippen LogP contribution in [0, 0.1) is 0 Å². The number of anilines is 3. The maximum atomic E-state index is 12.6. The van der Waals surface area contributed by atoms with Gasteiger partial charge in [0, 0.05) is 22.5 Å². The molecule has 0 radical (unpaired) electrons. The number of esters is 1. The smallest absolute Gasteiger partial charge is 0.337 e. The summed E-state index contributed by atoms with van der Waals surface area (Å²) >= 11 is 0. The van der Waals surface area contributed by atoms with E-state index < -0.39 is 21.5 Å². The summed E-state index contributed by atoms with van der Waals surface area (Å²) in [5, 5.41) is 5.96. The lowest BCUT2D eigenvalue weighted by Crippen LogP contribution is -2.47. The number of rotatable bonds is 7. The normalized spacial score (nSPS) is 14.9. The Morgan fingerprint density at radius 1 is 1.18 bits per heavy atom. The van der Waals surface area contributed by atoms with Crippen molar-refractivity contribution in [1.82, 2.24) is 0 Å². The average molecular weight is 473 g/mol. The highest BCUT2D eigenvalue weighted by molar-refractivity contribution is 7.92. The predicted molar refractivity (Wildman–Crippen MR) is 130 cm³/mol. The molecule has 176 valence electrons. The van der Waals surface area contributed by atoms with Crippen molar-refractivity contribution >= 4 is 44.5 Å². The summed E-state index contributed by atoms with van der Waals surface area (Å²) in [5.41, 5.74) is 9.09. The summed E-state index contributed by atoms with van der Waals surface area (Å²) in [6.07, 6.45) is 1.14. The Morgan fingerprint density at radius 3 is 2.36 bits per heavy atom. The Morgan fingerprint density at radius 2 is 1.82 bits per heavy atom. The summed E-state index contributed by atoms with van der Waals surface area (Å²) in [6.45, 7) is 5.42. The third kappa shape index (κ3) is 5.52. The fourth-order valence-electron chi connectivity index (χ4n) is 3.55. The van der Waals surface area contributed by atoms with E-state index in [1.165, 1.54) is 11.4 Å². The lowest BCUT2D eigenvalue weighted by molar-refractivity contribution is -0.110. The number of carbonyl (C=O) groups excluding carboxylic acids is 2. The van der Waals surface area contributed by atoms with Crippen LogP contribution in [0.1, 0.15) is 36.7 Å². The van der Waals surface area contributed by atoms with Gasteiger partial charge in [-0.25, -0.2) is 13.2 Å². The molecule has 0 saturated carbocycles. The molecule has 0 aromatic heterocycles. The van der Waals surface area contributed by atoms with Crippen molar-refractivity contribution in [3.05, 3.63) is 59.3 Å². The van der Waals surface area contributed by atoms with Crippen LogP contribution in [0.15, 0.2) is 48.2 Å². The van der Waals surface area contributed by atoms with Gasteiger partial charge in [-0.2, -0.15) is 0 Å². The molecule has 0 spiro atoms. The van der Waals surface area contributed by atoms with E-state index in [2.05, 4.69) is 10.6 Å². The van der Waals surface area contributed by atoms with E-state index in [9.17, 15) is 18.0 Å². The first-order valence-electron chi connectivity index (χ1n) is 10.2. The molecule has 3 rings (SSSR count). The van der Waals surface area contributed by atoms with E-state index in [0.717, 1.165) is 6.26 Å². The number of nitrogens with one attached hydrogen (secondary N) is 2. The van der Waals surface area contributed by atoms with Gasteiger partial charge in [-0.15, -0.1) is 0 Å². The largest absolute Gasteiger partial charge is 0.465 e. The van der Waals surface area contributed by atoms with Gasteiger partial charge in [-0.3, -0.25) is 9.10 Å². The minimum absolute atomic E-state index is 0.131. The first-order valence-corrected chi connectivity index (χ1v) is 12.0. The van der Waals surface area contributed by atoms with Crippen LogP contribution in [-0.4, -0.2) is 45.7 Å². The number of amides is 1. The zero-order chi connectivity index (χ0) is 24.6. The van der Waals surface area contributed by atoms with Gasteiger partial charge in [0.1, 0.15) is 0 Å². The number of sulfonamides is 1. The van der Waals surface area contributed by atoms with E-state index >= 15 is 0 Å². The standard InChI is InChI=1S/C23H28N4O5S/c1-14(20-18-11-6-15(22(29)32-4)12-19(18)26-21(20)28)25-16-7-9-17(10-8-16)27(33(5,30)31)13-23(2,3)24/h6-12,25H,13,24H2,1-5H3,(H,26,28). The molecule has 0 saturated heterocycles. The average Bonchev–Trinajstić information content (AvgIpc) is 3.05. The van der Waals surface area contributed by atoms with Crippen molar-refractivity contribution in [2.75, 3.05) is 34.8 Å². The maximum Gasteiger partial charge on any atom is 0.337 e. The Bertz CT molecular complexity index is 1230. The zero-order valence-electron chi connectivity index (χ0n) is 19.2. The minimum atomic E-state index is -3.51. The molecule has 1 amide bonds. The lowest BCUT2D eigenvalue weighted by atomic mass is 10.0. The van der Waals surface area contributed by atoms with E-state index in [4.69, 9.17) is 10.5 Å². The molecule has 10 heteroatoms. The van der Waals surface area contributed by atoms with E-state index in [1.807, 2.05) is 0 Å². The van der Waals surface area contributed by atoms with Gasteiger partial charge in [-0.1, -0.05) is 6.07 Å². The number of ether oxygens (including phenoxy) is 1. The van der Waals surface area contributed by atoms with E-state index in [0.29, 0.717) is 39.5 Å². The van der Waals surface area contributed by atoms with Crippen molar-refractivity contribution in [3.8, 4) is 0 Å². The number of carbonyl (C=O) groups is 2. The molecule has 1 aliphatic rings. The highest BCUT2D eigenvalue weighted by Crippen LogP contribution is 2.35. The summed E-state index contributed by atoms with van der Waals surface area (Å²) < 4.78 is 30.5. The number of benzene rings is 2. The lowest BCUT2D eigenvalue weighted by Gasteiger charge is -2.29. The predicted octanol–water partition coefficient (Wildman–Crippen LogP) is 2.77. The molecule has 2 aromatic carbocycles. The molecule has 1 aliphatic heterocycles. The summed E-state index contributed by atoms with van der Waals surface area (Å²) in [7, 11) is -2.22. The molecule has 0 unspecified atom stereocenters. The van der Waals surface area contributed by atoms with Crippen molar-refractivity contribution in [3.63, 3.8) is 0 Å². The number of methoxy groups -OCH3 is 1. The van der Waals surface area contributed by atoms with Crippen molar-refractivity contribution < 1.29 is 22.7 Å². The quantitative estimate of drug-likeness (QED) is 0.417. The van der Waals surface area contributed by atoms with Gasteiger partial charge >= 0.3 is 5.97 Å². The summed E-state index contributed by atoms with van der Waals surface area (Å²) in [4.78, 5) is 24.3. The molecule has 1 heterocycles. The Balaban J connectivity index is 1.87. The van der Waals surface area contributed by atoms with Crippen molar-refractivity contribution in [1.29, 1.82) is 0 Å². The fourth-order valence-corrected chi connectivity index (χ4v) is 4.62. The van der Waals surface area contributed by atoms with Crippen LogP contribution in [0.5, 0.6) is 0 Å². The van der Waals surface area contributed by atoms with Crippen LogP contribution in [0.2, 0.25) is 0 Å². The molecule has 0 aliphatic carbocycles. The third-order valence-electron chi connectivity index (χ3n) is 5.00. The summed E-state index contributed by atoms with van der Waals surface area (Å²) in [6, 6.07) is 11.7. The molecule has 0 atom stereocenters. The van der Waals surface area contributed by atoms with Crippen LogP contribution in [0.4, 0.5) is 17.1 Å². The first kappa shape index (κ1) is 24.3. The highest BCUT2D eigenvalue weighted by Gasteiger charge is 2.28. The van der Waals surface area contributed by atoms with Crippen molar-refractivity contribution in [2.45, 2.75) is 26.3 Å². The first-order chi connectivity index (χ1) is 15.3. The second-order valence-corrected chi connectivity index (χ2v) is 10.5. The molecular formula is C23H28N4O5S. The number of nitrogens with two attached hydrogens (primary N) is 1. The maximum absolute atomic E-state index is 12.6. The van der Waals surface area contributed by atoms with Gasteiger partial charge in [0.25, 0.3) is 5.91 Å². The Hall–Kier alpha value is -3.37. The van der Waals surface area contributed by atoms with Crippen LogP contribution in [-0.2, 0) is 19.6 Å². The number of nitrogens with zero attached hydrogens (tertiary/aromatic N) is 1. The van der Waals surface area contributed by atoms with Gasteiger partial charge < -0.3 is 21.1 Å².